The van der Waals surface area contributed by atoms with E-state index in [1.165, 1.54) is 0 Å². The minimum atomic E-state index is -1.41. The van der Waals surface area contributed by atoms with Gasteiger partial charge < -0.3 is 26.2 Å². The van der Waals surface area contributed by atoms with Crippen LogP contribution in [0.1, 0.15) is 53.0 Å². The zero-order chi connectivity index (χ0) is 23.6. The van der Waals surface area contributed by atoms with Crippen LogP contribution in [0.5, 0.6) is 0 Å². The fourth-order valence-electron chi connectivity index (χ4n) is 2.95. The molecule has 0 aliphatic heterocycles. The Kier molecular flexibility index (Phi) is 11.2. The third-order valence-electron chi connectivity index (χ3n) is 4.93. The lowest BCUT2D eigenvalue weighted by atomic mass is 9.99. The lowest BCUT2D eigenvalue weighted by Crippen LogP contribution is -2.56. The first kappa shape index (κ1) is 26.6. The molecule has 0 spiro atoms. The maximum atomic E-state index is 12.9. The molecule has 0 fully saturated rings. The van der Waals surface area contributed by atoms with Crippen molar-refractivity contribution in [2.45, 2.75) is 78.3 Å². The molecule has 8 nitrogen and oxygen atoms in total. The zero-order valence-corrected chi connectivity index (χ0v) is 19.1. The molecule has 0 aliphatic rings. The fourth-order valence-corrected chi connectivity index (χ4v) is 2.95. The molecular formula is C23H37N3O5. The molecule has 0 saturated heterocycles. The highest BCUT2D eigenvalue weighted by Gasteiger charge is 2.32. The van der Waals surface area contributed by atoms with Crippen LogP contribution in [-0.4, -0.2) is 47.1 Å². The van der Waals surface area contributed by atoms with E-state index >= 15 is 0 Å². The Hall–Kier alpha value is -2.45. The van der Waals surface area contributed by atoms with Crippen LogP contribution in [0.25, 0.3) is 0 Å². The summed E-state index contributed by atoms with van der Waals surface area (Å²) in [6.45, 7) is 9.28. The average molecular weight is 436 g/mol. The number of aliphatic hydroxyl groups is 1. The van der Waals surface area contributed by atoms with Crippen LogP contribution in [0.4, 0.5) is 0 Å². The summed E-state index contributed by atoms with van der Waals surface area (Å²) >= 11 is 0. The molecule has 2 amide bonds. The average Bonchev–Trinajstić information content (AvgIpc) is 2.74. The number of aliphatic hydroxyl groups excluding tert-OH is 1. The number of nitrogens with two attached hydrogens (primary N) is 1. The second kappa shape index (κ2) is 13.1. The zero-order valence-electron chi connectivity index (χ0n) is 19.1. The smallest absolute Gasteiger partial charge is 0.329 e. The molecule has 1 rings (SSSR count). The number of carbonyl (C=O) groups excluding carboxylic acids is 3. The van der Waals surface area contributed by atoms with Crippen molar-refractivity contribution in [2.24, 2.45) is 17.6 Å². The number of rotatable bonds is 12. The van der Waals surface area contributed by atoms with Gasteiger partial charge in [0.15, 0.2) is 0 Å². The number of carbonyl (C=O) groups is 3. The Morgan fingerprint density at radius 2 is 1.65 bits per heavy atom. The van der Waals surface area contributed by atoms with Crippen LogP contribution >= 0.6 is 0 Å². The molecule has 0 heterocycles. The van der Waals surface area contributed by atoms with E-state index in [0.717, 1.165) is 5.56 Å². The van der Waals surface area contributed by atoms with E-state index in [9.17, 15) is 19.5 Å². The van der Waals surface area contributed by atoms with Gasteiger partial charge in [-0.1, -0.05) is 65.0 Å². The molecule has 31 heavy (non-hydrogen) atoms. The maximum absolute atomic E-state index is 12.9. The van der Waals surface area contributed by atoms with Gasteiger partial charge in [0.1, 0.15) is 24.8 Å². The summed E-state index contributed by atoms with van der Waals surface area (Å²) in [5.41, 5.74) is 6.58. The highest BCUT2D eigenvalue weighted by atomic mass is 16.5. The number of esters is 1. The van der Waals surface area contributed by atoms with E-state index in [4.69, 9.17) is 10.5 Å². The van der Waals surface area contributed by atoms with Gasteiger partial charge in [-0.25, -0.2) is 4.79 Å². The van der Waals surface area contributed by atoms with Gasteiger partial charge in [0, 0.05) is 6.04 Å². The summed E-state index contributed by atoms with van der Waals surface area (Å²) in [6, 6.07) is 6.76. The van der Waals surface area contributed by atoms with Gasteiger partial charge in [0.05, 0.1) is 0 Å². The molecular weight excluding hydrogens is 398 g/mol. The van der Waals surface area contributed by atoms with Gasteiger partial charge in [0.2, 0.25) is 5.91 Å². The number of amides is 2. The van der Waals surface area contributed by atoms with E-state index in [2.05, 4.69) is 10.6 Å². The topological polar surface area (TPSA) is 131 Å². The van der Waals surface area contributed by atoms with Crippen molar-refractivity contribution in [2.75, 3.05) is 0 Å². The molecule has 0 radical (unpaired) electrons. The third-order valence-corrected chi connectivity index (χ3v) is 4.93. The number of ether oxygens (including phenoxy) is 1. The second-order valence-electron chi connectivity index (χ2n) is 8.53. The maximum Gasteiger partial charge on any atom is 0.329 e. The minimum Gasteiger partial charge on any atom is -0.459 e. The summed E-state index contributed by atoms with van der Waals surface area (Å²) in [6.07, 6.45) is -0.655. The molecule has 5 N–H and O–H groups in total. The first-order valence-corrected chi connectivity index (χ1v) is 10.8. The van der Waals surface area contributed by atoms with Crippen molar-refractivity contribution in [1.82, 2.24) is 10.6 Å². The van der Waals surface area contributed by atoms with Crippen molar-refractivity contribution in [3.8, 4) is 0 Å². The van der Waals surface area contributed by atoms with Gasteiger partial charge >= 0.3 is 5.97 Å². The molecule has 0 saturated carbocycles. The van der Waals surface area contributed by atoms with Crippen molar-refractivity contribution in [3.05, 3.63) is 35.9 Å². The van der Waals surface area contributed by atoms with Crippen LogP contribution in [-0.2, 0) is 25.7 Å². The first-order valence-electron chi connectivity index (χ1n) is 10.8. The highest BCUT2D eigenvalue weighted by Crippen LogP contribution is 2.11. The highest BCUT2D eigenvalue weighted by molar-refractivity contribution is 5.92. The van der Waals surface area contributed by atoms with Gasteiger partial charge in [-0.05, 0) is 30.2 Å². The van der Waals surface area contributed by atoms with Gasteiger partial charge in [-0.2, -0.15) is 0 Å². The van der Waals surface area contributed by atoms with Crippen LogP contribution in [0, 0.1) is 11.8 Å². The summed E-state index contributed by atoms with van der Waals surface area (Å²) in [5, 5.41) is 15.3. The Bertz CT molecular complexity index is 708. The Labute approximate surface area is 184 Å². The van der Waals surface area contributed by atoms with Gasteiger partial charge in [0.25, 0.3) is 5.91 Å². The third kappa shape index (κ3) is 9.06. The Morgan fingerprint density at radius 3 is 2.16 bits per heavy atom. The van der Waals surface area contributed by atoms with Crippen LogP contribution in [0.3, 0.4) is 0 Å². The largest absolute Gasteiger partial charge is 0.459 e. The summed E-state index contributed by atoms with van der Waals surface area (Å²) in [7, 11) is 0. The fraction of sp³-hybridized carbons (Fsp3) is 0.609. The molecule has 0 aromatic heterocycles. The Balaban J connectivity index is 2.83. The predicted molar refractivity (Wildman–Crippen MR) is 119 cm³/mol. The lowest BCUT2D eigenvalue weighted by Gasteiger charge is -2.27. The Morgan fingerprint density at radius 1 is 1.03 bits per heavy atom. The number of nitrogens with one attached hydrogen (secondary N) is 2. The SMILES string of the molecule is CCC(N)C(O)C(=O)N[C@H](CC(C)C)C(=O)N[C@H](C(=O)OCc1ccccc1)C(C)C. The molecule has 1 aromatic carbocycles. The lowest BCUT2D eigenvalue weighted by molar-refractivity contribution is -0.150. The van der Waals surface area contributed by atoms with E-state index < -0.39 is 42.0 Å². The van der Waals surface area contributed by atoms with Crippen molar-refractivity contribution < 1.29 is 24.2 Å². The molecule has 4 atom stereocenters. The van der Waals surface area contributed by atoms with Crippen LogP contribution < -0.4 is 16.4 Å². The summed E-state index contributed by atoms with van der Waals surface area (Å²) in [5.74, 6) is -1.88. The summed E-state index contributed by atoms with van der Waals surface area (Å²) in [4.78, 5) is 37.9. The number of hydrogen-bond donors (Lipinski definition) is 4. The van der Waals surface area contributed by atoms with E-state index in [1.807, 2.05) is 44.2 Å². The van der Waals surface area contributed by atoms with E-state index in [0.29, 0.717) is 12.8 Å². The van der Waals surface area contributed by atoms with Crippen molar-refractivity contribution in [1.29, 1.82) is 0 Å². The standard InChI is InChI=1S/C23H37N3O5/c1-6-17(24)20(27)22(29)25-18(12-14(2)3)21(28)26-19(15(4)5)23(30)31-13-16-10-8-7-9-11-16/h7-11,14-15,17-20,27H,6,12-13,24H2,1-5H3,(H,25,29)(H,26,28)/t17?,18-,19+,20?/m1/s1. The minimum absolute atomic E-state index is 0.0931. The van der Waals surface area contributed by atoms with Gasteiger partial charge in [-0.3, -0.25) is 9.59 Å². The van der Waals surface area contributed by atoms with E-state index in [-0.39, 0.29) is 18.4 Å². The molecule has 0 aliphatic carbocycles. The second-order valence-corrected chi connectivity index (χ2v) is 8.53. The molecule has 1 aromatic rings. The van der Waals surface area contributed by atoms with Crippen LogP contribution in [0.15, 0.2) is 30.3 Å². The number of hydrogen-bond acceptors (Lipinski definition) is 6. The van der Waals surface area contributed by atoms with Crippen LogP contribution in [0.2, 0.25) is 0 Å². The van der Waals surface area contributed by atoms with Crippen molar-refractivity contribution in [3.63, 3.8) is 0 Å². The molecule has 174 valence electrons. The van der Waals surface area contributed by atoms with Gasteiger partial charge in [-0.15, -0.1) is 0 Å². The molecule has 8 heteroatoms. The first-order chi connectivity index (χ1) is 14.6. The summed E-state index contributed by atoms with van der Waals surface area (Å²) < 4.78 is 5.38. The monoisotopic (exact) mass is 435 g/mol. The van der Waals surface area contributed by atoms with E-state index in [1.54, 1.807) is 20.8 Å². The normalized spacial score (nSPS) is 15.1. The predicted octanol–water partition coefficient (Wildman–Crippen LogP) is 1.50. The van der Waals surface area contributed by atoms with Crippen molar-refractivity contribution >= 4 is 17.8 Å². The molecule has 0 bridgehead atoms. The number of benzene rings is 1. The quantitative estimate of drug-likeness (QED) is 0.368. The molecule has 2 unspecified atom stereocenters.